The van der Waals surface area contributed by atoms with E-state index in [9.17, 15) is 0 Å². The van der Waals surface area contributed by atoms with Crippen molar-refractivity contribution in [2.75, 3.05) is 31.4 Å². The molecule has 1 heterocycles. The molecule has 138 valence electrons. The molecule has 1 aliphatic rings. The Bertz CT molecular complexity index is 761. The Labute approximate surface area is 154 Å². The van der Waals surface area contributed by atoms with Gasteiger partial charge in [-0.2, -0.15) is 4.98 Å². The molecule has 0 unspecified atom stereocenters. The quantitative estimate of drug-likeness (QED) is 0.678. The van der Waals surface area contributed by atoms with E-state index >= 15 is 0 Å². The number of hydrogen-bond donors (Lipinski definition) is 2. The molecule has 6 heteroatoms. The van der Waals surface area contributed by atoms with Crippen LogP contribution in [0.25, 0.3) is 0 Å². The van der Waals surface area contributed by atoms with Gasteiger partial charge in [0.2, 0.25) is 5.95 Å². The van der Waals surface area contributed by atoms with Crippen LogP contribution in [0.2, 0.25) is 0 Å². The summed E-state index contributed by atoms with van der Waals surface area (Å²) in [5, 5.41) is 6.58. The van der Waals surface area contributed by atoms with Gasteiger partial charge in [-0.3, -0.25) is 0 Å². The number of nitrogens with one attached hydrogen (secondary N) is 2. The van der Waals surface area contributed by atoms with Gasteiger partial charge in [0.1, 0.15) is 5.82 Å². The molecule has 6 nitrogen and oxygen atoms in total. The summed E-state index contributed by atoms with van der Waals surface area (Å²) in [4.78, 5) is 8.82. The molecular weight excluding hydrogens is 328 g/mol. The summed E-state index contributed by atoms with van der Waals surface area (Å²) in [6.07, 6.45) is 10.3. The summed E-state index contributed by atoms with van der Waals surface area (Å²) in [5.41, 5.74) is 2.42. The van der Waals surface area contributed by atoms with E-state index in [1.54, 1.807) is 26.0 Å². The zero-order valence-electron chi connectivity index (χ0n) is 15.4. The minimum Gasteiger partial charge on any atom is -0.493 e. The molecule has 0 saturated carbocycles. The Hall–Kier alpha value is -2.76. The molecule has 26 heavy (non-hydrogen) atoms. The van der Waals surface area contributed by atoms with Crippen LogP contribution in [0.4, 0.5) is 17.5 Å². The summed E-state index contributed by atoms with van der Waals surface area (Å²) < 4.78 is 10.6. The van der Waals surface area contributed by atoms with Gasteiger partial charge in [0.15, 0.2) is 11.5 Å². The van der Waals surface area contributed by atoms with Crippen molar-refractivity contribution in [1.82, 2.24) is 9.97 Å². The summed E-state index contributed by atoms with van der Waals surface area (Å²) in [6, 6.07) is 7.50. The minimum absolute atomic E-state index is 0.631. The van der Waals surface area contributed by atoms with E-state index in [4.69, 9.17) is 9.47 Å². The largest absolute Gasteiger partial charge is 0.493 e. The van der Waals surface area contributed by atoms with E-state index in [0.29, 0.717) is 17.4 Å². The van der Waals surface area contributed by atoms with Gasteiger partial charge in [0, 0.05) is 24.5 Å². The lowest BCUT2D eigenvalue weighted by Gasteiger charge is -2.13. The van der Waals surface area contributed by atoms with Gasteiger partial charge in [0.25, 0.3) is 0 Å². The minimum atomic E-state index is 0.631. The van der Waals surface area contributed by atoms with E-state index in [1.165, 1.54) is 25.7 Å². The first-order valence-electron chi connectivity index (χ1n) is 9.02. The van der Waals surface area contributed by atoms with Crippen molar-refractivity contribution in [3.8, 4) is 11.5 Å². The predicted octanol–water partition coefficient (Wildman–Crippen LogP) is 4.54. The molecule has 3 rings (SSSR count). The Morgan fingerprint density at radius 2 is 1.96 bits per heavy atom. The Morgan fingerprint density at radius 3 is 2.73 bits per heavy atom. The highest BCUT2D eigenvalue weighted by atomic mass is 16.5. The standard InChI is InChI=1S/C20H26N4O2/c1-25-17-9-8-16(14-18(17)26-2)23-19-11-13-22-20(24-19)21-12-10-15-6-4-3-5-7-15/h6,8-9,11,13-14H,3-5,7,10,12H2,1-2H3,(H2,21,22,23,24). The van der Waals surface area contributed by atoms with Crippen LogP contribution in [0.3, 0.4) is 0 Å². The molecule has 2 aromatic rings. The fourth-order valence-electron chi connectivity index (χ4n) is 3.04. The van der Waals surface area contributed by atoms with Gasteiger partial charge in [0.05, 0.1) is 14.2 Å². The molecule has 1 aromatic heterocycles. The van der Waals surface area contributed by atoms with Crippen LogP contribution >= 0.6 is 0 Å². The molecule has 0 aliphatic heterocycles. The van der Waals surface area contributed by atoms with Crippen molar-refractivity contribution in [2.24, 2.45) is 0 Å². The van der Waals surface area contributed by atoms with Crippen LogP contribution in [0, 0.1) is 0 Å². The maximum Gasteiger partial charge on any atom is 0.224 e. The summed E-state index contributed by atoms with van der Waals surface area (Å²) in [7, 11) is 3.24. The lowest BCUT2D eigenvalue weighted by Crippen LogP contribution is -2.08. The molecule has 0 radical (unpaired) electrons. The number of nitrogens with zero attached hydrogens (tertiary/aromatic N) is 2. The lowest BCUT2D eigenvalue weighted by atomic mass is 9.97. The van der Waals surface area contributed by atoms with Crippen LogP contribution in [0.15, 0.2) is 42.1 Å². The number of hydrogen-bond acceptors (Lipinski definition) is 6. The lowest BCUT2D eigenvalue weighted by molar-refractivity contribution is 0.355. The SMILES string of the molecule is COc1ccc(Nc2ccnc(NCCC3=CCCCC3)n2)cc1OC. The molecule has 2 N–H and O–H groups in total. The number of benzene rings is 1. The number of allylic oxidation sites excluding steroid dienone is 1. The highest BCUT2D eigenvalue weighted by Crippen LogP contribution is 2.30. The van der Waals surface area contributed by atoms with Crippen molar-refractivity contribution < 1.29 is 9.47 Å². The maximum atomic E-state index is 5.33. The first kappa shape index (κ1) is 18.0. The monoisotopic (exact) mass is 354 g/mol. The molecule has 0 spiro atoms. The Balaban J connectivity index is 1.59. The van der Waals surface area contributed by atoms with Crippen LogP contribution in [-0.2, 0) is 0 Å². The number of rotatable bonds is 8. The fourth-order valence-corrected chi connectivity index (χ4v) is 3.04. The molecule has 0 bridgehead atoms. The first-order chi connectivity index (χ1) is 12.8. The molecule has 0 saturated heterocycles. The number of methoxy groups -OCH3 is 2. The number of aromatic nitrogens is 2. The second-order valence-corrected chi connectivity index (χ2v) is 6.25. The van der Waals surface area contributed by atoms with E-state index < -0.39 is 0 Å². The third-order valence-electron chi connectivity index (χ3n) is 4.43. The van der Waals surface area contributed by atoms with Gasteiger partial charge in [-0.1, -0.05) is 11.6 Å². The normalized spacial score (nSPS) is 13.7. The van der Waals surface area contributed by atoms with Gasteiger partial charge in [-0.25, -0.2) is 4.98 Å². The zero-order chi connectivity index (χ0) is 18.2. The number of anilines is 3. The van der Waals surface area contributed by atoms with Crippen molar-refractivity contribution >= 4 is 17.5 Å². The van der Waals surface area contributed by atoms with Crippen molar-refractivity contribution in [3.63, 3.8) is 0 Å². The van der Waals surface area contributed by atoms with E-state index in [1.807, 2.05) is 24.3 Å². The van der Waals surface area contributed by atoms with E-state index in [2.05, 4.69) is 26.7 Å². The second-order valence-electron chi connectivity index (χ2n) is 6.25. The van der Waals surface area contributed by atoms with Crippen molar-refractivity contribution in [3.05, 3.63) is 42.1 Å². The van der Waals surface area contributed by atoms with E-state index in [-0.39, 0.29) is 0 Å². The topological polar surface area (TPSA) is 68.3 Å². The molecule has 0 fully saturated rings. The fraction of sp³-hybridized carbons (Fsp3) is 0.400. The highest BCUT2D eigenvalue weighted by Gasteiger charge is 2.07. The van der Waals surface area contributed by atoms with E-state index in [0.717, 1.165) is 24.5 Å². The summed E-state index contributed by atoms with van der Waals surface area (Å²) in [5.74, 6) is 2.73. The average molecular weight is 354 g/mol. The van der Waals surface area contributed by atoms with Gasteiger partial charge >= 0.3 is 0 Å². The molecule has 1 aromatic carbocycles. The van der Waals surface area contributed by atoms with Crippen molar-refractivity contribution in [1.29, 1.82) is 0 Å². The third kappa shape index (κ3) is 4.88. The molecule has 1 aliphatic carbocycles. The van der Waals surface area contributed by atoms with Crippen molar-refractivity contribution in [2.45, 2.75) is 32.1 Å². The maximum absolute atomic E-state index is 5.33. The molecular formula is C20H26N4O2. The molecule has 0 amide bonds. The van der Waals surface area contributed by atoms with Crippen LogP contribution in [0.1, 0.15) is 32.1 Å². The number of ether oxygens (including phenoxy) is 2. The van der Waals surface area contributed by atoms with Gasteiger partial charge in [-0.05, 0) is 50.3 Å². The van der Waals surface area contributed by atoms with Gasteiger partial charge in [-0.15, -0.1) is 0 Å². The summed E-state index contributed by atoms with van der Waals surface area (Å²) >= 11 is 0. The zero-order valence-corrected chi connectivity index (χ0v) is 15.4. The van der Waals surface area contributed by atoms with Gasteiger partial charge < -0.3 is 20.1 Å². The summed E-state index contributed by atoms with van der Waals surface area (Å²) in [6.45, 7) is 0.853. The highest BCUT2D eigenvalue weighted by molar-refractivity contribution is 5.61. The average Bonchev–Trinajstić information content (AvgIpc) is 2.69. The van der Waals surface area contributed by atoms with Crippen LogP contribution in [-0.4, -0.2) is 30.7 Å². The molecule has 0 atom stereocenters. The smallest absolute Gasteiger partial charge is 0.224 e. The second kappa shape index (κ2) is 9.08. The first-order valence-corrected chi connectivity index (χ1v) is 9.02. The Morgan fingerprint density at radius 1 is 1.08 bits per heavy atom. The predicted molar refractivity (Wildman–Crippen MR) is 105 cm³/mol. The van der Waals surface area contributed by atoms with Crippen LogP contribution in [0.5, 0.6) is 11.5 Å². The van der Waals surface area contributed by atoms with Crippen LogP contribution < -0.4 is 20.1 Å². The Kier molecular flexibility index (Phi) is 6.30. The third-order valence-corrected chi connectivity index (χ3v) is 4.43.